The Labute approximate surface area is 121 Å². The van der Waals surface area contributed by atoms with Crippen molar-refractivity contribution in [1.29, 1.82) is 0 Å². The van der Waals surface area contributed by atoms with Crippen LogP contribution < -0.4 is 10.5 Å². The predicted molar refractivity (Wildman–Crippen MR) is 80.0 cm³/mol. The number of benzene rings is 2. The van der Waals surface area contributed by atoms with Gasteiger partial charge in [0.25, 0.3) is 0 Å². The van der Waals surface area contributed by atoms with E-state index in [0.29, 0.717) is 18.9 Å². The van der Waals surface area contributed by atoms with Gasteiger partial charge in [-0.3, -0.25) is 0 Å². The van der Waals surface area contributed by atoms with Gasteiger partial charge >= 0.3 is 0 Å². The lowest BCUT2D eigenvalue weighted by Gasteiger charge is -2.08. The molecule has 0 saturated heterocycles. The molecule has 0 radical (unpaired) electrons. The van der Waals surface area contributed by atoms with Crippen LogP contribution >= 0.6 is 15.9 Å². The zero-order chi connectivity index (χ0) is 13.7. The lowest BCUT2D eigenvalue weighted by molar-refractivity contribution is 0.107. The molecular formula is C15H16BrNO2. The van der Waals surface area contributed by atoms with E-state index in [4.69, 9.17) is 15.2 Å². The molecule has 0 saturated carbocycles. The van der Waals surface area contributed by atoms with Crippen molar-refractivity contribution in [2.24, 2.45) is 0 Å². The van der Waals surface area contributed by atoms with Crippen LogP contribution in [0.1, 0.15) is 11.1 Å². The number of hydrogen-bond donors (Lipinski definition) is 1. The summed E-state index contributed by atoms with van der Waals surface area (Å²) in [6, 6.07) is 13.7. The highest BCUT2D eigenvalue weighted by molar-refractivity contribution is 9.10. The van der Waals surface area contributed by atoms with Gasteiger partial charge in [-0.25, -0.2) is 0 Å². The maximum atomic E-state index is 5.79. The summed E-state index contributed by atoms with van der Waals surface area (Å²) in [6.45, 7) is 1.09. The third kappa shape index (κ3) is 4.26. The summed E-state index contributed by atoms with van der Waals surface area (Å²) in [5.41, 5.74) is 8.62. The molecule has 19 heavy (non-hydrogen) atoms. The highest BCUT2D eigenvalue weighted by atomic mass is 79.9. The molecule has 0 aliphatic carbocycles. The van der Waals surface area contributed by atoms with Crippen LogP contribution in [-0.4, -0.2) is 7.11 Å². The Kier molecular flexibility index (Phi) is 4.82. The van der Waals surface area contributed by atoms with Gasteiger partial charge in [0.05, 0.1) is 20.3 Å². The second-order valence-corrected chi connectivity index (χ2v) is 5.15. The van der Waals surface area contributed by atoms with E-state index >= 15 is 0 Å². The standard InChI is InChI=1S/C15H16BrNO2/c1-18-15-7-12(6-14(17)8-15)10-19-9-11-2-4-13(16)5-3-11/h2-8H,9-10,17H2,1H3. The molecule has 0 aromatic heterocycles. The third-order valence-electron chi connectivity index (χ3n) is 2.68. The molecule has 2 rings (SSSR count). The Hall–Kier alpha value is -1.52. The average molecular weight is 322 g/mol. The van der Waals surface area contributed by atoms with Crippen LogP contribution in [0.15, 0.2) is 46.9 Å². The molecule has 0 amide bonds. The largest absolute Gasteiger partial charge is 0.497 e. The minimum absolute atomic E-state index is 0.511. The van der Waals surface area contributed by atoms with E-state index in [2.05, 4.69) is 15.9 Å². The third-order valence-corrected chi connectivity index (χ3v) is 3.20. The quantitative estimate of drug-likeness (QED) is 0.853. The van der Waals surface area contributed by atoms with E-state index in [1.807, 2.05) is 36.4 Å². The van der Waals surface area contributed by atoms with Crippen LogP contribution in [-0.2, 0) is 18.0 Å². The van der Waals surface area contributed by atoms with Crippen molar-refractivity contribution in [3.63, 3.8) is 0 Å². The van der Waals surface area contributed by atoms with Crippen LogP contribution in [0.5, 0.6) is 5.75 Å². The molecule has 0 atom stereocenters. The lowest BCUT2D eigenvalue weighted by Crippen LogP contribution is -1.97. The fourth-order valence-electron chi connectivity index (χ4n) is 1.75. The van der Waals surface area contributed by atoms with E-state index in [1.165, 1.54) is 0 Å². The summed E-state index contributed by atoms with van der Waals surface area (Å²) < 4.78 is 11.9. The summed E-state index contributed by atoms with van der Waals surface area (Å²) in [4.78, 5) is 0. The molecule has 100 valence electrons. The molecule has 0 bridgehead atoms. The van der Waals surface area contributed by atoms with Crippen molar-refractivity contribution >= 4 is 21.6 Å². The van der Waals surface area contributed by atoms with Crippen molar-refractivity contribution in [3.05, 3.63) is 58.1 Å². The molecule has 0 aliphatic rings. The van der Waals surface area contributed by atoms with Gasteiger partial charge in [-0.1, -0.05) is 28.1 Å². The summed E-state index contributed by atoms with van der Waals surface area (Å²) >= 11 is 3.41. The predicted octanol–water partition coefficient (Wildman–Crippen LogP) is 3.76. The Morgan fingerprint density at radius 2 is 1.68 bits per heavy atom. The number of hydrogen-bond acceptors (Lipinski definition) is 3. The Morgan fingerprint density at radius 1 is 1.00 bits per heavy atom. The number of halogens is 1. The first-order valence-electron chi connectivity index (χ1n) is 5.93. The van der Waals surface area contributed by atoms with Crippen LogP contribution in [0.2, 0.25) is 0 Å². The highest BCUT2D eigenvalue weighted by Gasteiger charge is 2.00. The molecule has 0 spiro atoms. The number of ether oxygens (including phenoxy) is 2. The number of rotatable bonds is 5. The monoisotopic (exact) mass is 321 g/mol. The summed E-state index contributed by atoms with van der Waals surface area (Å²) in [6.07, 6.45) is 0. The van der Waals surface area contributed by atoms with Crippen LogP contribution in [0.25, 0.3) is 0 Å². The molecule has 2 N–H and O–H groups in total. The highest BCUT2D eigenvalue weighted by Crippen LogP contribution is 2.19. The van der Waals surface area contributed by atoms with Gasteiger partial charge in [-0.15, -0.1) is 0 Å². The van der Waals surface area contributed by atoms with Gasteiger partial charge in [0, 0.05) is 16.2 Å². The first kappa shape index (κ1) is 13.9. The molecule has 2 aromatic carbocycles. The lowest BCUT2D eigenvalue weighted by atomic mass is 10.2. The van der Waals surface area contributed by atoms with Gasteiger partial charge in [0.1, 0.15) is 5.75 Å². The van der Waals surface area contributed by atoms with E-state index in [-0.39, 0.29) is 0 Å². The van der Waals surface area contributed by atoms with Crippen LogP contribution in [0.3, 0.4) is 0 Å². The maximum Gasteiger partial charge on any atom is 0.121 e. The van der Waals surface area contributed by atoms with E-state index in [9.17, 15) is 0 Å². The van der Waals surface area contributed by atoms with Crippen molar-refractivity contribution in [2.75, 3.05) is 12.8 Å². The van der Waals surface area contributed by atoms with Crippen molar-refractivity contribution in [3.8, 4) is 5.75 Å². The summed E-state index contributed by atoms with van der Waals surface area (Å²) in [5, 5.41) is 0. The number of nitrogens with two attached hydrogens (primary N) is 1. The van der Waals surface area contributed by atoms with E-state index in [0.717, 1.165) is 21.3 Å². The van der Waals surface area contributed by atoms with E-state index in [1.54, 1.807) is 13.2 Å². The SMILES string of the molecule is COc1cc(N)cc(COCc2ccc(Br)cc2)c1. The molecule has 0 heterocycles. The zero-order valence-electron chi connectivity index (χ0n) is 10.7. The second kappa shape index (κ2) is 6.59. The van der Waals surface area contributed by atoms with Gasteiger partial charge in [-0.05, 0) is 35.4 Å². The molecule has 4 heteroatoms. The summed E-state index contributed by atoms with van der Waals surface area (Å²) in [7, 11) is 1.63. The fraction of sp³-hybridized carbons (Fsp3) is 0.200. The number of methoxy groups -OCH3 is 1. The first-order chi connectivity index (χ1) is 9.17. The zero-order valence-corrected chi connectivity index (χ0v) is 12.3. The maximum absolute atomic E-state index is 5.79. The Morgan fingerprint density at radius 3 is 2.37 bits per heavy atom. The Balaban J connectivity index is 1.92. The molecular weight excluding hydrogens is 306 g/mol. The molecule has 0 unspecified atom stereocenters. The Bertz CT molecular complexity index is 540. The molecule has 0 fully saturated rings. The molecule has 0 aliphatic heterocycles. The van der Waals surface area contributed by atoms with Crippen molar-refractivity contribution < 1.29 is 9.47 Å². The van der Waals surface area contributed by atoms with Crippen LogP contribution in [0.4, 0.5) is 5.69 Å². The van der Waals surface area contributed by atoms with Gasteiger partial charge < -0.3 is 15.2 Å². The number of nitrogen functional groups attached to an aromatic ring is 1. The summed E-state index contributed by atoms with van der Waals surface area (Å²) in [5.74, 6) is 0.752. The normalized spacial score (nSPS) is 10.4. The topological polar surface area (TPSA) is 44.5 Å². The van der Waals surface area contributed by atoms with Gasteiger partial charge in [0.15, 0.2) is 0 Å². The number of anilines is 1. The fourth-order valence-corrected chi connectivity index (χ4v) is 2.02. The van der Waals surface area contributed by atoms with Crippen LogP contribution in [0, 0.1) is 0 Å². The second-order valence-electron chi connectivity index (χ2n) is 4.23. The van der Waals surface area contributed by atoms with Gasteiger partial charge in [-0.2, -0.15) is 0 Å². The minimum Gasteiger partial charge on any atom is -0.497 e. The average Bonchev–Trinajstić information content (AvgIpc) is 2.40. The van der Waals surface area contributed by atoms with Crippen molar-refractivity contribution in [2.45, 2.75) is 13.2 Å². The van der Waals surface area contributed by atoms with E-state index < -0.39 is 0 Å². The van der Waals surface area contributed by atoms with Crippen molar-refractivity contribution in [1.82, 2.24) is 0 Å². The smallest absolute Gasteiger partial charge is 0.121 e. The van der Waals surface area contributed by atoms with Gasteiger partial charge in [0.2, 0.25) is 0 Å². The molecule has 2 aromatic rings. The molecule has 3 nitrogen and oxygen atoms in total. The first-order valence-corrected chi connectivity index (χ1v) is 6.72. The minimum atomic E-state index is 0.511.